The van der Waals surface area contributed by atoms with Gasteiger partial charge in [0.15, 0.2) is 11.3 Å². The molecule has 0 aromatic heterocycles. The summed E-state index contributed by atoms with van der Waals surface area (Å²) in [5, 5.41) is 11.0. The molecule has 1 atom stereocenters. The molecule has 1 spiro atoms. The lowest BCUT2D eigenvalue weighted by molar-refractivity contribution is -0.164. The van der Waals surface area contributed by atoms with Crippen LogP contribution in [0.15, 0.2) is 24.3 Å². The van der Waals surface area contributed by atoms with E-state index in [2.05, 4.69) is 4.90 Å². The lowest BCUT2D eigenvalue weighted by Crippen LogP contribution is -2.60. The monoisotopic (exact) mass is 386 g/mol. The number of amides is 1. The van der Waals surface area contributed by atoms with Crippen molar-refractivity contribution < 1.29 is 19.0 Å². The van der Waals surface area contributed by atoms with Gasteiger partial charge in [0.05, 0.1) is 0 Å². The number of halogens is 2. The predicted molar refractivity (Wildman–Crippen MR) is 99.9 cm³/mol. The predicted octanol–water partition coefficient (Wildman–Crippen LogP) is 3.20. The maximum Gasteiger partial charge on any atom is 0.412 e. The molecule has 146 valence electrons. The maximum absolute atomic E-state index is 13.0. The lowest BCUT2D eigenvalue weighted by atomic mass is 9.82. The summed E-state index contributed by atoms with van der Waals surface area (Å²) in [5.74, 6) is -0.217. The van der Waals surface area contributed by atoms with E-state index < -0.39 is 17.4 Å². The van der Waals surface area contributed by atoms with Crippen LogP contribution in [0.5, 0.6) is 0 Å². The van der Waals surface area contributed by atoms with Gasteiger partial charge in [-0.1, -0.05) is 19.1 Å². The van der Waals surface area contributed by atoms with Crippen LogP contribution >= 0.6 is 12.4 Å². The molecule has 5 nitrogen and oxygen atoms in total. The van der Waals surface area contributed by atoms with Crippen molar-refractivity contribution in [3.8, 4) is 0 Å². The van der Waals surface area contributed by atoms with Crippen LogP contribution in [0.25, 0.3) is 0 Å². The molecule has 1 aromatic rings. The number of ether oxygens (including phenoxy) is 1. The first-order chi connectivity index (χ1) is 11.9. The number of hydrogen-bond acceptors (Lipinski definition) is 4. The molecule has 0 aliphatic carbocycles. The normalized spacial score (nSPS) is 25.2. The molecule has 1 aromatic carbocycles. The molecule has 1 unspecified atom stereocenters. The minimum absolute atomic E-state index is 0. The van der Waals surface area contributed by atoms with Crippen molar-refractivity contribution in [3.05, 3.63) is 35.6 Å². The molecule has 2 aliphatic rings. The second-order valence-electron chi connectivity index (χ2n) is 7.25. The van der Waals surface area contributed by atoms with Gasteiger partial charge in [0.25, 0.3) is 0 Å². The molecular formula is C19H28ClFN2O3. The number of carbonyl (C=O) groups excluding carboxylic acids is 1. The van der Waals surface area contributed by atoms with Gasteiger partial charge in [-0.05, 0) is 37.5 Å². The third-order valence-electron chi connectivity index (χ3n) is 5.63. The van der Waals surface area contributed by atoms with E-state index in [0.717, 1.165) is 38.0 Å². The van der Waals surface area contributed by atoms with E-state index in [0.29, 0.717) is 19.4 Å². The summed E-state index contributed by atoms with van der Waals surface area (Å²) in [7, 11) is 0. The van der Waals surface area contributed by atoms with Crippen molar-refractivity contribution in [1.29, 1.82) is 0 Å². The Morgan fingerprint density at radius 1 is 1.19 bits per heavy atom. The van der Waals surface area contributed by atoms with Gasteiger partial charge in [0, 0.05) is 39.0 Å². The third kappa shape index (κ3) is 3.82. The molecule has 3 rings (SSSR count). The van der Waals surface area contributed by atoms with Crippen LogP contribution in [0, 0.1) is 5.82 Å². The highest BCUT2D eigenvalue weighted by atomic mass is 35.5. The number of carbonyl (C=O) groups is 1. The summed E-state index contributed by atoms with van der Waals surface area (Å²) in [6.45, 7) is 6.58. The number of nitrogens with zero attached hydrogens (tertiary/aromatic N) is 2. The molecular weight excluding hydrogens is 359 g/mol. The lowest BCUT2D eigenvalue weighted by Gasteiger charge is -2.44. The summed E-state index contributed by atoms with van der Waals surface area (Å²) in [6, 6.07) is 6.59. The largest absolute Gasteiger partial charge is 0.437 e. The zero-order valence-corrected chi connectivity index (χ0v) is 16.2. The number of aliphatic hydroxyl groups is 1. The average Bonchev–Trinajstić information content (AvgIpc) is 2.76. The van der Waals surface area contributed by atoms with E-state index in [1.807, 2.05) is 19.1 Å². The quantitative estimate of drug-likeness (QED) is 0.844. The van der Waals surface area contributed by atoms with Gasteiger partial charge in [-0.3, -0.25) is 4.90 Å². The van der Waals surface area contributed by atoms with E-state index >= 15 is 0 Å². The average molecular weight is 387 g/mol. The van der Waals surface area contributed by atoms with E-state index in [-0.39, 0.29) is 18.2 Å². The third-order valence-corrected chi connectivity index (χ3v) is 5.63. The van der Waals surface area contributed by atoms with Crippen LogP contribution < -0.4 is 0 Å². The van der Waals surface area contributed by atoms with Crippen molar-refractivity contribution >= 4 is 18.5 Å². The first-order valence-electron chi connectivity index (χ1n) is 9.08. The summed E-state index contributed by atoms with van der Waals surface area (Å²) in [5.41, 5.74) is -0.968. The van der Waals surface area contributed by atoms with Gasteiger partial charge >= 0.3 is 6.09 Å². The maximum atomic E-state index is 13.0. The van der Waals surface area contributed by atoms with Crippen LogP contribution in [-0.2, 0) is 11.2 Å². The molecule has 26 heavy (non-hydrogen) atoms. The molecule has 2 heterocycles. The Balaban J connectivity index is 0.00000243. The minimum atomic E-state index is -1.26. The zero-order valence-electron chi connectivity index (χ0n) is 15.4. The van der Waals surface area contributed by atoms with E-state index in [1.165, 1.54) is 17.0 Å². The molecule has 1 N–H and O–H groups in total. The number of hydrogen-bond donors (Lipinski definition) is 1. The van der Waals surface area contributed by atoms with Crippen molar-refractivity contribution in [1.82, 2.24) is 9.80 Å². The van der Waals surface area contributed by atoms with Gasteiger partial charge in [0.2, 0.25) is 0 Å². The van der Waals surface area contributed by atoms with Crippen molar-refractivity contribution in [2.24, 2.45) is 0 Å². The van der Waals surface area contributed by atoms with E-state index in [9.17, 15) is 14.3 Å². The van der Waals surface area contributed by atoms with Crippen molar-refractivity contribution in [3.63, 3.8) is 0 Å². The fourth-order valence-electron chi connectivity index (χ4n) is 3.93. The van der Waals surface area contributed by atoms with E-state index in [4.69, 9.17) is 4.74 Å². The molecule has 2 fully saturated rings. The smallest absolute Gasteiger partial charge is 0.412 e. The van der Waals surface area contributed by atoms with E-state index in [1.54, 1.807) is 6.92 Å². The fraction of sp³-hybridized carbons (Fsp3) is 0.632. The Kier molecular flexibility index (Phi) is 6.53. The second kappa shape index (κ2) is 8.11. The second-order valence-corrected chi connectivity index (χ2v) is 7.25. The standard InChI is InChI=1S/C19H27FN2O3.ClH/c1-3-11-22-17(23)25-19(18(22,2)24)9-13-21(14-10-19)12-8-15-4-6-16(20)7-5-15;/h4-7,24H,3,8-14H2,1-2H3;1H. The Hall–Kier alpha value is -1.37. The first kappa shape index (κ1) is 20.9. The van der Waals surface area contributed by atoms with Gasteiger partial charge < -0.3 is 14.7 Å². The fourth-order valence-corrected chi connectivity index (χ4v) is 3.93. The Morgan fingerprint density at radius 3 is 2.38 bits per heavy atom. The summed E-state index contributed by atoms with van der Waals surface area (Å²) >= 11 is 0. The molecule has 2 saturated heterocycles. The number of piperidine rings is 1. The SMILES string of the molecule is CCCN1C(=O)OC2(CCN(CCc3ccc(F)cc3)CC2)C1(C)O.Cl. The van der Waals surface area contributed by atoms with Crippen LogP contribution in [0.3, 0.4) is 0 Å². The highest BCUT2D eigenvalue weighted by molar-refractivity contribution is 5.85. The Bertz CT molecular complexity index is 616. The van der Waals surface area contributed by atoms with Gasteiger partial charge in [-0.15, -0.1) is 12.4 Å². The van der Waals surface area contributed by atoms with Gasteiger partial charge in [-0.25, -0.2) is 9.18 Å². The van der Waals surface area contributed by atoms with Crippen molar-refractivity contribution in [2.75, 3.05) is 26.2 Å². The summed E-state index contributed by atoms with van der Waals surface area (Å²) in [6.07, 6.45) is 2.47. The molecule has 0 bridgehead atoms. The molecule has 7 heteroatoms. The number of rotatable bonds is 5. The van der Waals surface area contributed by atoms with Gasteiger partial charge in [0.1, 0.15) is 5.82 Å². The highest BCUT2D eigenvalue weighted by Crippen LogP contribution is 2.44. The first-order valence-corrected chi connectivity index (χ1v) is 9.08. The topological polar surface area (TPSA) is 53.0 Å². The van der Waals surface area contributed by atoms with Crippen molar-refractivity contribution in [2.45, 2.75) is 50.9 Å². The van der Waals surface area contributed by atoms with Crippen LogP contribution in [0.2, 0.25) is 0 Å². The molecule has 0 saturated carbocycles. The molecule has 0 radical (unpaired) electrons. The molecule has 2 aliphatic heterocycles. The van der Waals surface area contributed by atoms with Crippen LogP contribution in [0.4, 0.5) is 9.18 Å². The number of likely N-dealkylation sites (tertiary alicyclic amines) is 1. The summed E-state index contributed by atoms with van der Waals surface area (Å²) < 4.78 is 18.6. The Labute approximate surface area is 160 Å². The highest BCUT2D eigenvalue weighted by Gasteiger charge is 2.62. The van der Waals surface area contributed by atoms with Crippen LogP contribution in [-0.4, -0.2) is 58.5 Å². The minimum Gasteiger partial charge on any atom is -0.437 e. The Morgan fingerprint density at radius 2 is 1.81 bits per heavy atom. The number of benzene rings is 1. The zero-order chi connectivity index (χ0) is 18.1. The van der Waals surface area contributed by atoms with Gasteiger partial charge in [-0.2, -0.15) is 0 Å². The molecule has 1 amide bonds. The summed E-state index contributed by atoms with van der Waals surface area (Å²) in [4.78, 5) is 15.9. The van der Waals surface area contributed by atoms with Crippen LogP contribution in [0.1, 0.15) is 38.7 Å².